The van der Waals surface area contributed by atoms with Gasteiger partial charge in [-0.15, -0.1) is 0 Å². The van der Waals surface area contributed by atoms with Gasteiger partial charge in [0.05, 0.1) is 0 Å². The molecule has 3 rings (SSSR count). The third-order valence-electron chi connectivity index (χ3n) is 4.77. The van der Waals surface area contributed by atoms with Crippen molar-refractivity contribution in [3.63, 3.8) is 0 Å². The van der Waals surface area contributed by atoms with E-state index in [2.05, 4.69) is 0 Å². The zero-order valence-corrected chi connectivity index (χ0v) is 15.4. The van der Waals surface area contributed by atoms with Gasteiger partial charge in [-0.1, -0.05) is 30.3 Å². The van der Waals surface area contributed by atoms with Gasteiger partial charge in [-0.05, 0) is 84.0 Å². The van der Waals surface area contributed by atoms with Crippen molar-refractivity contribution in [3.8, 4) is 5.75 Å². The summed E-state index contributed by atoms with van der Waals surface area (Å²) in [5.41, 5.74) is 5.92. The van der Waals surface area contributed by atoms with Crippen LogP contribution in [0.2, 0.25) is 0 Å². The Balaban J connectivity index is 2.31. The van der Waals surface area contributed by atoms with Crippen molar-refractivity contribution in [2.75, 3.05) is 0 Å². The smallest absolute Gasteiger partial charge is 0.339 e. The predicted molar refractivity (Wildman–Crippen MR) is 105 cm³/mol. The summed E-state index contributed by atoms with van der Waals surface area (Å²) in [6.07, 6.45) is 5.07. The van der Waals surface area contributed by atoms with E-state index in [0.717, 1.165) is 27.8 Å². The van der Waals surface area contributed by atoms with Crippen LogP contribution in [0.3, 0.4) is 0 Å². The predicted octanol–water partition coefficient (Wildman–Crippen LogP) is 4.59. The topological polar surface area (TPSA) is 74.6 Å². The van der Waals surface area contributed by atoms with E-state index < -0.39 is 5.97 Å². The number of carboxylic acid groups (broad SMARTS) is 1. The number of allylic oxidation sites excluding steroid dienone is 5. The van der Waals surface area contributed by atoms with Crippen molar-refractivity contribution in [1.82, 2.24) is 0 Å². The van der Waals surface area contributed by atoms with Crippen molar-refractivity contribution in [1.29, 1.82) is 0 Å². The zero-order chi connectivity index (χ0) is 19.7. The summed E-state index contributed by atoms with van der Waals surface area (Å²) in [7, 11) is 0. The van der Waals surface area contributed by atoms with Crippen LogP contribution in [-0.4, -0.2) is 22.0 Å². The Kier molecular flexibility index (Phi) is 4.82. The Bertz CT molecular complexity index is 1050. The minimum Gasteiger partial charge on any atom is -0.507 e. The fraction of sp³-hybridized carbons (Fsp3) is 0.130. The Morgan fingerprint density at radius 2 is 1.56 bits per heavy atom. The van der Waals surface area contributed by atoms with E-state index in [9.17, 15) is 19.8 Å². The average molecular weight is 360 g/mol. The molecule has 2 N–H and O–H groups in total. The quantitative estimate of drug-likeness (QED) is 0.839. The molecule has 0 radical (unpaired) electrons. The van der Waals surface area contributed by atoms with Gasteiger partial charge in [-0.2, -0.15) is 0 Å². The first-order chi connectivity index (χ1) is 12.8. The van der Waals surface area contributed by atoms with Gasteiger partial charge >= 0.3 is 5.97 Å². The molecule has 1 aliphatic rings. The SMILES string of the molecule is CC1=C/C(=C(/c2ccc(C)c(C)c2)c2ccc(O)c(C(=O)O)c2)C=CC1=O. The van der Waals surface area contributed by atoms with Crippen molar-refractivity contribution >= 4 is 17.3 Å². The Morgan fingerprint density at radius 1 is 0.889 bits per heavy atom. The number of ketones is 1. The number of benzene rings is 2. The molecular weight excluding hydrogens is 340 g/mol. The lowest BCUT2D eigenvalue weighted by molar-refractivity contribution is -0.111. The first-order valence-electron chi connectivity index (χ1n) is 8.57. The maximum atomic E-state index is 11.8. The average Bonchev–Trinajstić information content (AvgIpc) is 2.62. The van der Waals surface area contributed by atoms with Crippen LogP contribution in [0.4, 0.5) is 0 Å². The molecule has 1 aliphatic carbocycles. The minimum absolute atomic E-state index is 0.0462. The molecule has 0 bridgehead atoms. The fourth-order valence-corrected chi connectivity index (χ4v) is 3.06. The summed E-state index contributed by atoms with van der Waals surface area (Å²) < 4.78 is 0. The molecule has 27 heavy (non-hydrogen) atoms. The van der Waals surface area contributed by atoms with Gasteiger partial charge in [0.15, 0.2) is 5.78 Å². The summed E-state index contributed by atoms with van der Waals surface area (Å²) in [5.74, 6) is -1.52. The van der Waals surface area contributed by atoms with Gasteiger partial charge in [-0.25, -0.2) is 4.79 Å². The van der Waals surface area contributed by atoms with Crippen molar-refractivity contribution in [2.45, 2.75) is 20.8 Å². The Hall–Kier alpha value is -3.40. The van der Waals surface area contributed by atoms with E-state index in [1.54, 1.807) is 25.1 Å². The first kappa shape index (κ1) is 18.4. The van der Waals surface area contributed by atoms with E-state index in [1.807, 2.05) is 32.0 Å². The number of aromatic carboxylic acids is 1. The fourth-order valence-electron chi connectivity index (χ4n) is 3.06. The monoisotopic (exact) mass is 360 g/mol. The Morgan fingerprint density at radius 3 is 2.19 bits per heavy atom. The van der Waals surface area contributed by atoms with E-state index in [0.29, 0.717) is 11.1 Å². The van der Waals surface area contributed by atoms with Gasteiger partial charge in [0, 0.05) is 0 Å². The van der Waals surface area contributed by atoms with Crippen LogP contribution in [0.1, 0.15) is 39.5 Å². The summed E-state index contributed by atoms with van der Waals surface area (Å²) in [5, 5.41) is 19.2. The number of hydrogen-bond acceptors (Lipinski definition) is 3. The van der Waals surface area contributed by atoms with Crippen molar-refractivity contribution in [2.24, 2.45) is 0 Å². The number of carbonyl (C=O) groups is 2. The summed E-state index contributed by atoms with van der Waals surface area (Å²) in [6, 6.07) is 10.6. The molecule has 0 fully saturated rings. The molecule has 2 aromatic rings. The Labute approximate surface area is 157 Å². The summed E-state index contributed by atoms with van der Waals surface area (Å²) in [4.78, 5) is 23.3. The first-order valence-corrected chi connectivity index (χ1v) is 8.57. The van der Waals surface area contributed by atoms with Crippen LogP contribution in [0.25, 0.3) is 5.57 Å². The highest BCUT2D eigenvalue weighted by atomic mass is 16.4. The molecule has 0 spiro atoms. The zero-order valence-electron chi connectivity index (χ0n) is 15.4. The lowest BCUT2D eigenvalue weighted by Crippen LogP contribution is -2.04. The molecule has 4 nitrogen and oxygen atoms in total. The number of carbonyl (C=O) groups excluding carboxylic acids is 1. The molecule has 0 amide bonds. The second-order valence-corrected chi connectivity index (χ2v) is 6.69. The van der Waals surface area contributed by atoms with Gasteiger partial charge in [-0.3, -0.25) is 4.79 Å². The van der Waals surface area contributed by atoms with Crippen LogP contribution < -0.4 is 0 Å². The molecule has 136 valence electrons. The summed E-state index contributed by atoms with van der Waals surface area (Å²) >= 11 is 0. The van der Waals surface area contributed by atoms with E-state index >= 15 is 0 Å². The molecule has 2 aromatic carbocycles. The highest BCUT2D eigenvalue weighted by Crippen LogP contribution is 2.33. The molecular formula is C23H20O4. The standard InChI is InChI=1S/C23H20O4/c1-13-4-5-16(10-14(13)2)22(17-6-8-20(24)15(3)11-17)18-7-9-21(25)19(12-18)23(26)27/h4-12,25H,1-3H3,(H,26,27)/b22-17-. The van der Waals surface area contributed by atoms with Crippen molar-refractivity contribution in [3.05, 3.63) is 93.6 Å². The lowest BCUT2D eigenvalue weighted by atomic mass is 9.87. The molecule has 0 heterocycles. The molecule has 4 heteroatoms. The third-order valence-corrected chi connectivity index (χ3v) is 4.77. The molecule has 0 unspecified atom stereocenters. The van der Waals surface area contributed by atoms with Crippen molar-refractivity contribution < 1.29 is 19.8 Å². The second-order valence-electron chi connectivity index (χ2n) is 6.69. The maximum absolute atomic E-state index is 11.8. The number of rotatable bonds is 3. The van der Waals surface area contributed by atoms with E-state index in [-0.39, 0.29) is 17.1 Å². The number of phenols is 1. The largest absolute Gasteiger partial charge is 0.507 e. The van der Waals surface area contributed by atoms with Crippen LogP contribution in [0.5, 0.6) is 5.75 Å². The van der Waals surface area contributed by atoms with Crippen LogP contribution in [0.15, 0.2) is 65.8 Å². The molecule has 0 atom stereocenters. The molecule has 0 saturated heterocycles. The number of carboxylic acids is 1. The van der Waals surface area contributed by atoms with Crippen LogP contribution >= 0.6 is 0 Å². The maximum Gasteiger partial charge on any atom is 0.339 e. The normalized spacial score (nSPS) is 15.5. The van der Waals surface area contributed by atoms with Gasteiger partial charge in [0.1, 0.15) is 11.3 Å². The van der Waals surface area contributed by atoms with Gasteiger partial charge in [0.2, 0.25) is 0 Å². The molecule has 0 aromatic heterocycles. The van der Waals surface area contributed by atoms with Gasteiger partial charge in [0.25, 0.3) is 0 Å². The highest BCUT2D eigenvalue weighted by molar-refractivity contribution is 6.07. The minimum atomic E-state index is -1.19. The second kappa shape index (κ2) is 7.08. The van der Waals surface area contributed by atoms with Gasteiger partial charge < -0.3 is 10.2 Å². The number of aryl methyl sites for hydroxylation is 2. The number of aromatic hydroxyl groups is 1. The van der Waals surface area contributed by atoms with Crippen LogP contribution in [0, 0.1) is 13.8 Å². The van der Waals surface area contributed by atoms with E-state index in [1.165, 1.54) is 18.2 Å². The molecule has 0 saturated carbocycles. The van der Waals surface area contributed by atoms with E-state index in [4.69, 9.17) is 0 Å². The summed E-state index contributed by atoms with van der Waals surface area (Å²) in [6.45, 7) is 5.80. The lowest BCUT2D eigenvalue weighted by Gasteiger charge is -2.16. The van der Waals surface area contributed by atoms with Crippen LogP contribution in [-0.2, 0) is 4.79 Å². The molecule has 0 aliphatic heterocycles. The highest BCUT2D eigenvalue weighted by Gasteiger charge is 2.17. The third kappa shape index (κ3) is 3.60. The number of hydrogen-bond donors (Lipinski definition) is 2.